The van der Waals surface area contributed by atoms with Crippen molar-refractivity contribution >= 4 is 81.2 Å². The van der Waals surface area contributed by atoms with Gasteiger partial charge < -0.3 is 10.3 Å². The molecule has 66 heavy (non-hydrogen) atoms. The third kappa shape index (κ3) is 4.99. The number of nitrogen functional groups attached to an aromatic ring is 1. The Balaban J connectivity index is 1.03. The Bertz CT molecular complexity index is 4010. The van der Waals surface area contributed by atoms with Gasteiger partial charge in [-0.05, 0) is 96.6 Å². The molecule has 0 saturated heterocycles. The molecule has 4 heteroatoms. The number of aromatic nitrogens is 1. The lowest BCUT2D eigenvalue weighted by molar-refractivity contribution is 0.793. The molecule has 0 fully saturated rings. The number of nitrogens with zero attached hydrogens (tertiary/aromatic N) is 2. The fraction of sp³-hybridized carbons (Fsp3) is 0.0484. The SMILES string of the molecule is CC(/C(=N\c1sc2ccccc2c1N)c1cccc2c1-c1ccccc1C21c2ccccc2-c2ccccc21)c1cccc2c(-n3c4ccccc4c4cc5ccccc5cc43)cccc12. The lowest BCUT2D eigenvalue weighted by atomic mass is 9.70. The van der Waals surface area contributed by atoms with E-state index in [-0.39, 0.29) is 5.92 Å². The molecule has 2 aliphatic rings. The summed E-state index contributed by atoms with van der Waals surface area (Å²) >= 11 is 1.67. The highest BCUT2D eigenvalue weighted by Gasteiger charge is 2.52. The molecule has 10 aromatic carbocycles. The quantitative estimate of drug-likeness (QED) is 0.172. The zero-order chi connectivity index (χ0) is 43.7. The van der Waals surface area contributed by atoms with Crippen LogP contribution < -0.4 is 5.73 Å². The third-order valence-corrected chi connectivity index (χ3v) is 15.8. The van der Waals surface area contributed by atoms with Crippen LogP contribution in [-0.2, 0) is 5.41 Å². The smallest absolute Gasteiger partial charge is 0.140 e. The van der Waals surface area contributed by atoms with Crippen LogP contribution in [0.2, 0.25) is 0 Å². The molecular weight excluding hydrogens is 819 g/mol. The van der Waals surface area contributed by atoms with Crippen LogP contribution in [0, 0.1) is 0 Å². The summed E-state index contributed by atoms with van der Waals surface area (Å²) in [6.07, 6.45) is 0. The largest absolute Gasteiger partial charge is 0.396 e. The molecule has 310 valence electrons. The maximum absolute atomic E-state index is 7.08. The number of anilines is 1. The molecule has 0 radical (unpaired) electrons. The van der Waals surface area contributed by atoms with Crippen molar-refractivity contribution in [2.24, 2.45) is 4.99 Å². The number of hydrogen-bond donors (Lipinski definition) is 1. The number of para-hydroxylation sites is 1. The number of benzene rings is 10. The van der Waals surface area contributed by atoms with E-state index >= 15 is 0 Å². The van der Waals surface area contributed by atoms with Gasteiger partial charge in [0.15, 0.2) is 0 Å². The Morgan fingerprint density at radius 1 is 0.500 bits per heavy atom. The highest BCUT2D eigenvalue weighted by atomic mass is 32.1. The van der Waals surface area contributed by atoms with Gasteiger partial charge in [-0.1, -0.05) is 189 Å². The first-order chi connectivity index (χ1) is 32.6. The number of hydrogen-bond acceptors (Lipinski definition) is 3. The first-order valence-electron chi connectivity index (χ1n) is 22.8. The van der Waals surface area contributed by atoms with Crippen LogP contribution in [0.3, 0.4) is 0 Å². The van der Waals surface area contributed by atoms with E-state index < -0.39 is 5.41 Å². The molecule has 2 N–H and O–H groups in total. The van der Waals surface area contributed by atoms with E-state index in [0.717, 1.165) is 37.7 Å². The monoisotopic (exact) mass is 859 g/mol. The van der Waals surface area contributed by atoms with Gasteiger partial charge >= 0.3 is 0 Å². The fourth-order valence-electron chi connectivity index (χ4n) is 11.9. The zero-order valence-electron chi connectivity index (χ0n) is 36.2. The number of aliphatic imine (C=N–C) groups is 1. The normalized spacial score (nSPS) is 14.0. The van der Waals surface area contributed by atoms with E-state index in [1.54, 1.807) is 11.3 Å². The molecule has 0 aliphatic heterocycles. The van der Waals surface area contributed by atoms with Gasteiger partial charge in [0.25, 0.3) is 0 Å². The van der Waals surface area contributed by atoms with Gasteiger partial charge in [0.1, 0.15) is 5.00 Å². The fourth-order valence-corrected chi connectivity index (χ4v) is 13.0. The second-order valence-corrected chi connectivity index (χ2v) is 19.0. The third-order valence-electron chi connectivity index (χ3n) is 14.7. The maximum atomic E-state index is 7.08. The van der Waals surface area contributed by atoms with E-state index in [1.165, 1.54) is 93.4 Å². The molecule has 3 nitrogen and oxygen atoms in total. The molecule has 1 unspecified atom stereocenters. The summed E-state index contributed by atoms with van der Waals surface area (Å²) < 4.78 is 3.61. The number of rotatable bonds is 5. The van der Waals surface area contributed by atoms with E-state index in [4.69, 9.17) is 10.7 Å². The average molecular weight is 860 g/mol. The van der Waals surface area contributed by atoms with E-state index in [2.05, 4.69) is 224 Å². The summed E-state index contributed by atoms with van der Waals surface area (Å²) in [5, 5.41) is 9.26. The number of fused-ring (bicyclic) bond motifs is 16. The Labute approximate surface area is 386 Å². The minimum Gasteiger partial charge on any atom is -0.396 e. The second-order valence-electron chi connectivity index (χ2n) is 17.9. The first kappa shape index (κ1) is 37.3. The highest BCUT2D eigenvalue weighted by molar-refractivity contribution is 7.23. The Morgan fingerprint density at radius 2 is 1.08 bits per heavy atom. The van der Waals surface area contributed by atoms with Gasteiger partial charge in [-0.25, -0.2) is 4.99 Å². The molecule has 0 amide bonds. The molecule has 2 aromatic heterocycles. The van der Waals surface area contributed by atoms with Gasteiger partial charge in [0.2, 0.25) is 0 Å². The van der Waals surface area contributed by atoms with Crippen molar-refractivity contribution in [3.05, 3.63) is 246 Å². The highest BCUT2D eigenvalue weighted by Crippen LogP contribution is 2.63. The van der Waals surface area contributed by atoms with Gasteiger partial charge in [0, 0.05) is 37.7 Å². The summed E-state index contributed by atoms with van der Waals surface area (Å²) in [4.78, 5) is 5.79. The minimum absolute atomic E-state index is 0.131. The van der Waals surface area contributed by atoms with Crippen molar-refractivity contribution in [1.29, 1.82) is 0 Å². The topological polar surface area (TPSA) is 43.3 Å². The van der Waals surface area contributed by atoms with E-state index in [9.17, 15) is 0 Å². The summed E-state index contributed by atoms with van der Waals surface area (Å²) in [5.41, 5.74) is 24.6. The summed E-state index contributed by atoms with van der Waals surface area (Å²) in [6, 6.07) is 78.3. The molecule has 1 atom stereocenters. The standard InChI is InChI=1S/C62H41N3S/c1-37(40-24-14-26-44-41(40)25-16-33-55(44)65-54-32-12-7-21-45(54)49-35-38-17-2-3-18-39(38)36-56(49)65)60(64-61-59(63)47-23-8-13-34-57(47)66-61)48-27-15-31-53-58(48)46-22-6-11-30-52(46)62(53)50-28-9-4-19-42(50)43-20-5-10-29-51(43)62/h2-37H,63H2,1H3/b64-60+. The van der Waals surface area contributed by atoms with Crippen molar-refractivity contribution in [2.75, 3.05) is 5.73 Å². The molecule has 1 spiro atoms. The second kappa shape index (κ2) is 14.0. The molecule has 12 aromatic rings. The predicted octanol–water partition coefficient (Wildman–Crippen LogP) is 16.2. The van der Waals surface area contributed by atoms with Gasteiger partial charge in [0.05, 0.1) is 33.5 Å². The molecule has 2 aliphatic carbocycles. The van der Waals surface area contributed by atoms with E-state index in [1.807, 2.05) is 0 Å². The van der Waals surface area contributed by atoms with E-state index in [0.29, 0.717) is 0 Å². The van der Waals surface area contributed by atoms with Crippen LogP contribution in [0.1, 0.15) is 46.2 Å². The van der Waals surface area contributed by atoms with Crippen LogP contribution in [0.5, 0.6) is 0 Å². The molecule has 14 rings (SSSR count). The van der Waals surface area contributed by atoms with Crippen LogP contribution in [-0.4, -0.2) is 10.3 Å². The number of thiophene rings is 1. The zero-order valence-corrected chi connectivity index (χ0v) is 37.0. The average Bonchev–Trinajstić information content (AvgIpc) is 4.07. The Morgan fingerprint density at radius 3 is 1.85 bits per heavy atom. The number of nitrogens with two attached hydrogens (primary N) is 1. The lowest BCUT2D eigenvalue weighted by Gasteiger charge is -2.30. The van der Waals surface area contributed by atoms with Gasteiger partial charge in [-0.15, -0.1) is 11.3 Å². The van der Waals surface area contributed by atoms with Crippen LogP contribution in [0.15, 0.2) is 217 Å². The minimum atomic E-state index is -0.470. The van der Waals surface area contributed by atoms with Crippen LogP contribution in [0.4, 0.5) is 10.7 Å². The predicted molar refractivity (Wildman–Crippen MR) is 279 cm³/mol. The first-order valence-corrected chi connectivity index (χ1v) is 23.6. The van der Waals surface area contributed by atoms with Gasteiger partial charge in [-0.2, -0.15) is 0 Å². The molecule has 2 heterocycles. The maximum Gasteiger partial charge on any atom is 0.140 e. The van der Waals surface area contributed by atoms with Crippen molar-refractivity contribution in [1.82, 2.24) is 4.57 Å². The summed E-state index contributed by atoms with van der Waals surface area (Å²) in [6.45, 7) is 2.34. The molecule has 0 saturated carbocycles. The lowest BCUT2D eigenvalue weighted by Crippen LogP contribution is -2.26. The van der Waals surface area contributed by atoms with Crippen LogP contribution in [0.25, 0.3) is 81.4 Å². The summed E-state index contributed by atoms with van der Waals surface area (Å²) in [7, 11) is 0. The van der Waals surface area contributed by atoms with Crippen molar-refractivity contribution in [2.45, 2.75) is 18.3 Å². The Kier molecular flexibility index (Phi) is 7.91. The Hall–Kier alpha value is -8.05. The van der Waals surface area contributed by atoms with Crippen LogP contribution >= 0.6 is 11.3 Å². The van der Waals surface area contributed by atoms with Crippen molar-refractivity contribution in [3.8, 4) is 27.9 Å². The van der Waals surface area contributed by atoms with Crippen molar-refractivity contribution < 1.29 is 0 Å². The van der Waals surface area contributed by atoms with Crippen molar-refractivity contribution in [3.63, 3.8) is 0 Å². The van der Waals surface area contributed by atoms with Gasteiger partial charge in [-0.3, -0.25) is 0 Å². The molecular formula is C62H41N3S. The summed E-state index contributed by atoms with van der Waals surface area (Å²) in [5.74, 6) is -0.131. The molecule has 0 bridgehead atoms.